The zero-order valence-electron chi connectivity index (χ0n) is 18.3. The Bertz CT molecular complexity index is 806. The van der Waals surface area contributed by atoms with Crippen molar-refractivity contribution in [2.24, 2.45) is 34.5 Å². The first-order valence-electron chi connectivity index (χ1n) is 11.1. The third kappa shape index (κ3) is 3.29. The van der Waals surface area contributed by atoms with Crippen molar-refractivity contribution in [2.75, 3.05) is 0 Å². The minimum absolute atomic E-state index is 0.166. The van der Waals surface area contributed by atoms with Gasteiger partial charge in [-0.2, -0.15) is 0 Å². The number of ether oxygens (including phenoxy) is 2. The molecule has 0 aliphatic heterocycles. The lowest BCUT2D eigenvalue weighted by molar-refractivity contribution is -0.139. The van der Waals surface area contributed by atoms with Crippen LogP contribution in [0.15, 0.2) is 35.8 Å². The molecule has 0 saturated heterocycles. The van der Waals surface area contributed by atoms with E-state index in [2.05, 4.69) is 32.6 Å². The fourth-order valence-corrected chi connectivity index (χ4v) is 7.35. The summed E-state index contributed by atoms with van der Waals surface area (Å²) < 4.78 is 10.8. The van der Waals surface area contributed by atoms with E-state index in [1.807, 2.05) is 0 Å². The molecule has 2 saturated carbocycles. The topological polar surface area (TPSA) is 52.6 Å². The standard InChI is InChI=1S/C25H34O4/c1-15(28-16(2)26)21-8-9-22-20-7-6-18-14-19(29-17(3)27)10-12-24(18,4)23(20)11-13-25(21,22)5/h6,14,20-23H,1,7-13H2,2-5H3/t20-,21+,22-,23-,24-,25+/m0/s1. The molecule has 2 fully saturated rings. The van der Waals surface area contributed by atoms with Gasteiger partial charge in [-0.15, -0.1) is 0 Å². The maximum Gasteiger partial charge on any atom is 0.307 e. The normalized spacial score (nSPS) is 40.6. The molecule has 0 unspecified atom stereocenters. The first-order chi connectivity index (χ1) is 13.6. The largest absolute Gasteiger partial charge is 0.432 e. The number of carbonyl (C=O) groups excluding carboxylic acids is 2. The zero-order valence-corrected chi connectivity index (χ0v) is 18.3. The molecule has 0 bridgehead atoms. The Morgan fingerprint density at radius 2 is 1.83 bits per heavy atom. The van der Waals surface area contributed by atoms with Gasteiger partial charge in [0, 0.05) is 26.2 Å². The van der Waals surface area contributed by atoms with Gasteiger partial charge in [0.2, 0.25) is 0 Å². The molecule has 6 atom stereocenters. The summed E-state index contributed by atoms with van der Waals surface area (Å²) in [6.45, 7) is 11.9. The van der Waals surface area contributed by atoms with Gasteiger partial charge < -0.3 is 9.47 Å². The lowest BCUT2D eigenvalue weighted by atomic mass is 9.48. The first-order valence-corrected chi connectivity index (χ1v) is 11.1. The first kappa shape index (κ1) is 20.4. The second kappa shape index (κ2) is 7.14. The van der Waals surface area contributed by atoms with Crippen molar-refractivity contribution < 1.29 is 19.1 Å². The van der Waals surface area contributed by atoms with Gasteiger partial charge >= 0.3 is 11.9 Å². The van der Waals surface area contributed by atoms with Crippen LogP contribution in [0.25, 0.3) is 0 Å². The van der Waals surface area contributed by atoms with Crippen LogP contribution in [0.1, 0.15) is 72.6 Å². The molecule has 0 aromatic rings. The van der Waals surface area contributed by atoms with Crippen molar-refractivity contribution in [3.05, 3.63) is 35.8 Å². The molecule has 0 radical (unpaired) electrons. The SMILES string of the molecule is C=C(OC(C)=O)[C@H]1CC[C@H]2[C@@H]3CC=C4C=C(OC(C)=O)CC[C@]4(C)[C@H]3CC[C@]12C. The Morgan fingerprint density at radius 3 is 2.52 bits per heavy atom. The van der Waals surface area contributed by atoms with Crippen molar-refractivity contribution >= 4 is 11.9 Å². The minimum atomic E-state index is -0.258. The van der Waals surface area contributed by atoms with Crippen LogP contribution >= 0.6 is 0 Å². The maximum absolute atomic E-state index is 11.5. The lowest BCUT2D eigenvalue weighted by Crippen LogP contribution is -2.49. The van der Waals surface area contributed by atoms with Crippen LogP contribution in [0.2, 0.25) is 0 Å². The van der Waals surface area contributed by atoms with Crippen molar-refractivity contribution in [3.8, 4) is 0 Å². The van der Waals surface area contributed by atoms with Gasteiger partial charge in [0.1, 0.15) is 11.5 Å². The van der Waals surface area contributed by atoms with Crippen molar-refractivity contribution in [2.45, 2.75) is 72.6 Å². The molecule has 29 heavy (non-hydrogen) atoms. The number of hydrogen-bond donors (Lipinski definition) is 0. The van der Waals surface area contributed by atoms with Crippen molar-refractivity contribution in [3.63, 3.8) is 0 Å². The van der Waals surface area contributed by atoms with E-state index in [1.54, 1.807) is 0 Å². The summed E-state index contributed by atoms with van der Waals surface area (Å²) >= 11 is 0. The van der Waals surface area contributed by atoms with Gasteiger partial charge in [0.05, 0.1) is 0 Å². The van der Waals surface area contributed by atoms with Gasteiger partial charge in [0.15, 0.2) is 0 Å². The molecule has 0 aromatic heterocycles. The molecule has 4 aliphatic carbocycles. The van der Waals surface area contributed by atoms with Gasteiger partial charge in [-0.3, -0.25) is 9.59 Å². The Balaban J connectivity index is 1.59. The van der Waals surface area contributed by atoms with Crippen LogP contribution in [0.3, 0.4) is 0 Å². The van der Waals surface area contributed by atoms with Crippen LogP contribution in [0.5, 0.6) is 0 Å². The lowest BCUT2D eigenvalue weighted by Gasteiger charge is -2.57. The molecular formula is C25H34O4. The Kier molecular flexibility index (Phi) is 5.03. The quantitative estimate of drug-likeness (QED) is 0.452. The third-order valence-corrected chi connectivity index (χ3v) is 8.67. The number of esters is 2. The monoisotopic (exact) mass is 398 g/mol. The molecule has 158 valence electrons. The molecule has 4 aliphatic rings. The molecule has 0 amide bonds. The number of hydrogen-bond acceptors (Lipinski definition) is 4. The van der Waals surface area contributed by atoms with E-state index < -0.39 is 0 Å². The average molecular weight is 399 g/mol. The zero-order chi connectivity index (χ0) is 21.0. The minimum Gasteiger partial charge on any atom is -0.432 e. The van der Waals surface area contributed by atoms with Gasteiger partial charge in [-0.25, -0.2) is 0 Å². The number of fused-ring (bicyclic) bond motifs is 5. The van der Waals surface area contributed by atoms with Crippen molar-refractivity contribution in [1.82, 2.24) is 0 Å². The molecule has 0 N–H and O–H groups in total. The summed E-state index contributed by atoms with van der Waals surface area (Å²) in [5, 5.41) is 0. The van der Waals surface area contributed by atoms with Gasteiger partial charge in [-0.1, -0.05) is 26.5 Å². The Hall–Kier alpha value is -1.84. The molecule has 0 spiro atoms. The highest BCUT2D eigenvalue weighted by atomic mass is 16.5. The molecule has 0 heterocycles. The van der Waals surface area contributed by atoms with E-state index in [0.29, 0.717) is 23.5 Å². The van der Waals surface area contributed by atoms with Crippen molar-refractivity contribution in [1.29, 1.82) is 0 Å². The van der Waals surface area contributed by atoms with Crippen LogP contribution in [0.4, 0.5) is 0 Å². The van der Waals surface area contributed by atoms with Crippen LogP contribution < -0.4 is 0 Å². The second-order valence-electron chi connectivity index (χ2n) is 10.1. The van der Waals surface area contributed by atoms with E-state index in [-0.39, 0.29) is 28.7 Å². The summed E-state index contributed by atoms with van der Waals surface area (Å²) in [4.78, 5) is 22.8. The van der Waals surface area contributed by atoms with E-state index in [4.69, 9.17) is 9.47 Å². The predicted octanol–water partition coefficient (Wildman–Crippen LogP) is 5.70. The second-order valence-corrected chi connectivity index (χ2v) is 10.1. The maximum atomic E-state index is 11.5. The average Bonchev–Trinajstić information content (AvgIpc) is 2.98. The fraction of sp³-hybridized carbons (Fsp3) is 0.680. The highest BCUT2D eigenvalue weighted by Crippen LogP contribution is 2.66. The fourth-order valence-electron chi connectivity index (χ4n) is 7.35. The number of allylic oxidation sites excluding steroid dienone is 5. The van der Waals surface area contributed by atoms with Gasteiger partial charge in [0.25, 0.3) is 0 Å². The predicted molar refractivity (Wildman–Crippen MR) is 111 cm³/mol. The van der Waals surface area contributed by atoms with E-state index in [9.17, 15) is 9.59 Å². The summed E-state index contributed by atoms with van der Waals surface area (Å²) in [5.41, 5.74) is 1.70. The number of rotatable bonds is 3. The van der Waals surface area contributed by atoms with Crippen LogP contribution in [0, 0.1) is 34.5 Å². The van der Waals surface area contributed by atoms with E-state index in [1.165, 1.54) is 32.3 Å². The molecular weight excluding hydrogens is 364 g/mol. The van der Waals surface area contributed by atoms with E-state index >= 15 is 0 Å². The number of carbonyl (C=O) groups is 2. The van der Waals surface area contributed by atoms with Gasteiger partial charge in [-0.05, 0) is 78.8 Å². The molecule has 4 rings (SSSR count). The summed E-state index contributed by atoms with van der Waals surface area (Å²) in [6, 6.07) is 0. The van der Waals surface area contributed by atoms with Crippen LogP contribution in [-0.4, -0.2) is 11.9 Å². The highest BCUT2D eigenvalue weighted by molar-refractivity contribution is 5.67. The van der Waals surface area contributed by atoms with Crippen LogP contribution in [-0.2, 0) is 19.1 Å². The van der Waals surface area contributed by atoms with E-state index in [0.717, 1.165) is 37.9 Å². The Morgan fingerprint density at radius 1 is 1.07 bits per heavy atom. The summed E-state index contributed by atoms with van der Waals surface area (Å²) in [5.74, 6) is 3.26. The smallest absolute Gasteiger partial charge is 0.307 e. The molecule has 4 nitrogen and oxygen atoms in total. The molecule has 4 heteroatoms. The Labute approximate surface area is 174 Å². The summed E-state index contributed by atoms with van der Waals surface area (Å²) in [7, 11) is 0. The summed E-state index contributed by atoms with van der Waals surface area (Å²) in [6.07, 6.45) is 12.1. The third-order valence-electron chi connectivity index (χ3n) is 8.67. The molecule has 0 aromatic carbocycles. The highest BCUT2D eigenvalue weighted by Gasteiger charge is 2.59.